The Labute approximate surface area is 352 Å². The zero-order chi connectivity index (χ0) is 40.3. The van der Waals surface area contributed by atoms with Crippen LogP contribution in [0, 0.1) is 0 Å². The van der Waals surface area contributed by atoms with E-state index in [-0.39, 0.29) is 10.8 Å². The predicted molar refractivity (Wildman–Crippen MR) is 256 cm³/mol. The normalized spacial score (nSPS) is 14.3. The minimum Gasteiger partial charge on any atom is -0.0619 e. The maximum atomic E-state index is 2.48. The highest BCUT2D eigenvalue weighted by Gasteiger charge is 2.38. The van der Waals surface area contributed by atoms with Gasteiger partial charge < -0.3 is 0 Å². The van der Waals surface area contributed by atoms with Gasteiger partial charge in [0.15, 0.2) is 0 Å². The smallest absolute Gasteiger partial charge is 0.0159 e. The molecule has 0 heteroatoms. The van der Waals surface area contributed by atoms with Gasteiger partial charge in [0.05, 0.1) is 0 Å². The molecule has 0 aliphatic heterocycles. The van der Waals surface area contributed by atoms with E-state index in [9.17, 15) is 0 Å². The first-order valence-corrected chi connectivity index (χ1v) is 21.3. The van der Waals surface area contributed by atoms with Crippen molar-refractivity contribution in [1.82, 2.24) is 0 Å². The quantitative estimate of drug-likeness (QED) is 0.157. The maximum Gasteiger partial charge on any atom is 0.0159 e. The number of rotatable bonds is 4. The zero-order valence-corrected chi connectivity index (χ0v) is 34.5. The average Bonchev–Trinajstić information content (AvgIpc) is 3.67. The molecule has 284 valence electrons. The number of benzene rings is 10. The largest absolute Gasteiger partial charge is 0.0619 e. The van der Waals surface area contributed by atoms with Crippen molar-refractivity contribution in [2.24, 2.45) is 0 Å². The second-order valence-corrected chi connectivity index (χ2v) is 18.0. The minimum absolute atomic E-state index is 0.0586. The van der Waals surface area contributed by atoms with Crippen LogP contribution in [-0.2, 0) is 10.8 Å². The molecule has 0 N–H and O–H groups in total. The summed E-state index contributed by atoms with van der Waals surface area (Å²) < 4.78 is 0. The van der Waals surface area contributed by atoms with Gasteiger partial charge in [-0.15, -0.1) is 0 Å². The molecule has 0 atom stereocenters. The van der Waals surface area contributed by atoms with Crippen LogP contribution in [0.3, 0.4) is 0 Å². The van der Waals surface area contributed by atoms with Crippen molar-refractivity contribution in [2.75, 3.05) is 0 Å². The van der Waals surface area contributed by atoms with E-state index in [4.69, 9.17) is 0 Å². The van der Waals surface area contributed by atoms with Gasteiger partial charge in [0.1, 0.15) is 0 Å². The van der Waals surface area contributed by atoms with Gasteiger partial charge in [-0.05, 0) is 140 Å². The fraction of sp³-hybridized carbons (Fsp3) is 0.100. The van der Waals surface area contributed by atoms with Crippen LogP contribution in [0.1, 0.15) is 49.9 Å². The first-order chi connectivity index (χ1) is 29.3. The van der Waals surface area contributed by atoms with Gasteiger partial charge in [-0.25, -0.2) is 0 Å². The van der Waals surface area contributed by atoms with Crippen molar-refractivity contribution in [3.05, 3.63) is 216 Å². The molecule has 0 saturated heterocycles. The Hall–Kier alpha value is -7.02. The van der Waals surface area contributed by atoms with Crippen LogP contribution in [0.15, 0.2) is 194 Å². The van der Waals surface area contributed by atoms with Gasteiger partial charge in [-0.1, -0.05) is 204 Å². The van der Waals surface area contributed by atoms with E-state index in [1.165, 1.54) is 121 Å². The van der Waals surface area contributed by atoms with Gasteiger partial charge in [-0.2, -0.15) is 0 Å². The monoisotopic (exact) mass is 764 g/mol. The summed E-state index contributed by atoms with van der Waals surface area (Å²) in [5.74, 6) is 0. The van der Waals surface area contributed by atoms with Gasteiger partial charge >= 0.3 is 0 Å². The lowest BCUT2D eigenvalue weighted by atomic mass is 9.80. The SMILES string of the molecule is CC1(C)c2ccccc2-c2ccc(-c3cccc(-c4c5ccccc5c(-c5cccc6c5-c5ccccc5C6(C)C)c5cc(-c6cccc7ccccc67)ccc45)c3)cc21. The van der Waals surface area contributed by atoms with Gasteiger partial charge in [0, 0.05) is 10.8 Å². The van der Waals surface area contributed by atoms with Crippen LogP contribution in [0.25, 0.3) is 99.1 Å². The molecule has 0 fully saturated rings. The number of hydrogen-bond donors (Lipinski definition) is 0. The predicted octanol–water partition coefficient (Wildman–Crippen LogP) is 16.4. The summed E-state index contributed by atoms with van der Waals surface area (Å²) >= 11 is 0. The van der Waals surface area contributed by atoms with Crippen LogP contribution in [0.4, 0.5) is 0 Å². The van der Waals surface area contributed by atoms with Gasteiger partial charge in [0.25, 0.3) is 0 Å². The molecule has 2 aliphatic rings. The second kappa shape index (κ2) is 12.7. The number of fused-ring (bicyclic) bond motifs is 9. The van der Waals surface area contributed by atoms with Crippen LogP contribution in [0.5, 0.6) is 0 Å². The summed E-state index contributed by atoms with van der Waals surface area (Å²) in [6.07, 6.45) is 0. The molecule has 12 rings (SSSR count). The third kappa shape index (κ3) is 4.91. The molecule has 0 unspecified atom stereocenters. The molecule has 0 radical (unpaired) electrons. The Morgan fingerprint density at radius 1 is 0.250 bits per heavy atom. The van der Waals surface area contributed by atoms with Crippen LogP contribution in [-0.4, -0.2) is 0 Å². The molecule has 0 nitrogen and oxygen atoms in total. The van der Waals surface area contributed by atoms with E-state index >= 15 is 0 Å². The first-order valence-electron chi connectivity index (χ1n) is 21.3. The van der Waals surface area contributed by atoms with Crippen molar-refractivity contribution in [1.29, 1.82) is 0 Å². The summed E-state index contributed by atoms with van der Waals surface area (Å²) in [5.41, 5.74) is 20.9. The highest BCUT2D eigenvalue weighted by atomic mass is 14.4. The molecule has 0 spiro atoms. The van der Waals surface area contributed by atoms with E-state index in [1.807, 2.05) is 0 Å². The fourth-order valence-corrected chi connectivity index (χ4v) is 11.1. The summed E-state index contributed by atoms with van der Waals surface area (Å²) in [7, 11) is 0. The van der Waals surface area contributed by atoms with Crippen molar-refractivity contribution >= 4 is 32.3 Å². The van der Waals surface area contributed by atoms with E-state index in [2.05, 4.69) is 222 Å². The Morgan fingerprint density at radius 3 is 1.60 bits per heavy atom. The van der Waals surface area contributed by atoms with E-state index < -0.39 is 0 Å². The standard InChI is InChI=1S/C60H44/c1-59(2)53-28-12-10-24-49(53)58-50(26-15-29-54(58)59)57-47-23-8-7-22-46(47)56(48-33-31-40(35-51(48)57)43-25-14-17-37-16-5-6-20-42(37)43)41-19-13-18-38(34-41)39-30-32-45-44-21-9-11-27-52(44)60(3,4)55(45)36-39/h5-36H,1-4H3. The second-order valence-electron chi connectivity index (χ2n) is 18.0. The van der Waals surface area contributed by atoms with E-state index in [0.29, 0.717) is 0 Å². The lowest BCUT2D eigenvalue weighted by molar-refractivity contribution is 0.660. The topological polar surface area (TPSA) is 0 Å². The first kappa shape index (κ1) is 35.0. The molecule has 0 amide bonds. The molecule has 0 aromatic heterocycles. The van der Waals surface area contributed by atoms with E-state index in [1.54, 1.807) is 0 Å². The Morgan fingerprint density at radius 2 is 0.767 bits per heavy atom. The van der Waals surface area contributed by atoms with Gasteiger partial charge in [0.2, 0.25) is 0 Å². The van der Waals surface area contributed by atoms with Crippen LogP contribution >= 0.6 is 0 Å². The minimum atomic E-state index is -0.0996. The Bertz CT molecular complexity index is 3420. The summed E-state index contributed by atoms with van der Waals surface area (Å²) in [5, 5.41) is 7.60. The third-order valence-electron chi connectivity index (χ3n) is 14.1. The van der Waals surface area contributed by atoms with Crippen molar-refractivity contribution in [2.45, 2.75) is 38.5 Å². The van der Waals surface area contributed by atoms with E-state index in [0.717, 1.165) is 0 Å². The maximum absolute atomic E-state index is 2.48. The molecule has 0 heterocycles. The molecule has 0 saturated carbocycles. The van der Waals surface area contributed by atoms with Crippen molar-refractivity contribution in [3.63, 3.8) is 0 Å². The molecule has 2 aliphatic carbocycles. The lowest BCUT2D eigenvalue weighted by Crippen LogP contribution is -2.14. The highest BCUT2D eigenvalue weighted by molar-refractivity contribution is 6.23. The van der Waals surface area contributed by atoms with Gasteiger partial charge in [-0.3, -0.25) is 0 Å². The molecule has 10 aromatic carbocycles. The average molecular weight is 765 g/mol. The summed E-state index contributed by atoms with van der Waals surface area (Å²) in [4.78, 5) is 0. The number of hydrogen-bond acceptors (Lipinski definition) is 0. The third-order valence-corrected chi connectivity index (χ3v) is 14.1. The molecule has 10 aromatic rings. The zero-order valence-electron chi connectivity index (χ0n) is 34.5. The van der Waals surface area contributed by atoms with Crippen LogP contribution < -0.4 is 0 Å². The summed E-state index contributed by atoms with van der Waals surface area (Å²) in [6.45, 7) is 9.50. The van der Waals surface area contributed by atoms with Crippen molar-refractivity contribution < 1.29 is 0 Å². The fourth-order valence-electron chi connectivity index (χ4n) is 11.1. The lowest BCUT2D eigenvalue weighted by Gasteiger charge is -2.23. The molecule has 60 heavy (non-hydrogen) atoms. The van der Waals surface area contributed by atoms with Crippen LogP contribution in [0.2, 0.25) is 0 Å². The molecular formula is C60H44. The molecular weight excluding hydrogens is 721 g/mol. The Balaban J connectivity index is 1.13. The highest BCUT2D eigenvalue weighted by Crippen LogP contribution is 2.55. The van der Waals surface area contributed by atoms with Crippen molar-refractivity contribution in [3.8, 4) is 66.8 Å². The Kier molecular flexibility index (Phi) is 7.42. The molecule has 0 bridgehead atoms. The summed E-state index contributed by atoms with van der Waals surface area (Å²) in [6, 6.07) is 73.2.